The number of carbonyl (C=O) groups excluding carboxylic acids is 2. The summed E-state index contributed by atoms with van der Waals surface area (Å²) in [6.07, 6.45) is 8.67. The molecule has 0 bridgehead atoms. The number of aliphatic hydroxyl groups is 1. The minimum atomic E-state index is -1.54. The molecule has 11 heteroatoms. The Bertz CT molecular complexity index is 1810. The van der Waals surface area contributed by atoms with E-state index in [0.29, 0.717) is 38.2 Å². The number of carbonyl (C=O) groups is 2. The number of rotatable bonds is 6. The number of hydrogen-bond acceptors (Lipinski definition) is 7. The maximum Gasteiger partial charge on any atom is 0.412 e. The number of fused-ring (bicyclic) bond motifs is 1. The molecule has 0 spiro atoms. The van der Waals surface area contributed by atoms with Gasteiger partial charge in [0.2, 0.25) is 5.72 Å². The summed E-state index contributed by atoms with van der Waals surface area (Å²) in [6, 6.07) is 14.1. The van der Waals surface area contributed by atoms with Crippen LogP contribution >= 0.6 is 0 Å². The monoisotopic (exact) mass is 654 g/mol. The Morgan fingerprint density at radius 2 is 1.71 bits per heavy atom. The van der Waals surface area contributed by atoms with Crippen LogP contribution in [-0.2, 0) is 21.6 Å². The lowest BCUT2D eigenvalue weighted by molar-refractivity contribution is -0.0943. The predicted molar refractivity (Wildman–Crippen MR) is 184 cm³/mol. The first kappa shape index (κ1) is 33.3. The highest BCUT2D eigenvalue weighted by Gasteiger charge is 2.47. The molecule has 0 saturated carbocycles. The fourth-order valence-corrected chi connectivity index (χ4v) is 6.33. The number of hydrogen-bond donors (Lipinski definition) is 3. The van der Waals surface area contributed by atoms with Gasteiger partial charge in [-0.2, -0.15) is 0 Å². The molecule has 2 aliphatic rings. The first-order valence-electron chi connectivity index (χ1n) is 16.7. The van der Waals surface area contributed by atoms with Crippen molar-refractivity contribution >= 4 is 29.3 Å². The van der Waals surface area contributed by atoms with Crippen LogP contribution < -0.4 is 0 Å². The number of nitrogens with zero attached hydrogens (tertiary/aromatic N) is 4. The van der Waals surface area contributed by atoms with Crippen LogP contribution in [0.3, 0.4) is 0 Å². The number of amides is 2. The molecule has 2 saturated heterocycles. The second-order valence-electron chi connectivity index (χ2n) is 14.7. The fraction of sp³-hybridized carbons (Fsp3) is 0.459. The number of aromatic amines is 2. The number of allylic oxidation sites excluding steroid dienone is 1. The smallest absolute Gasteiger partial charge is 0.412 e. The standard InChI is InChI=1S/C37H46N6O5/c1-35(2,3)47-33(44)42-20-8-12-30(42)31-38-23-29(39-31)26-16-13-24(14-17-26)10-7-11-25-15-18-27-28(22-25)41-32(40-27)37(46)19-9-21-43(37)34(45)48-36(4,5)6/h7,10,13-18,22-23,30,46H,8-9,11-12,19-21H2,1-6H3,(H,38,39)(H,40,41)/b10-7+/t30?,37-/m0/s1. The zero-order chi connectivity index (χ0) is 34.3. The number of imidazole rings is 2. The molecule has 254 valence electrons. The number of likely N-dealkylation sites (tertiary alicyclic amines) is 2. The van der Waals surface area contributed by atoms with Gasteiger partial charge in [0.1, 0.15) is 17.0 Å². The van der Waals surface area contributed by atoms with Crippen LogP contribution in [-0.4, -0.2) is 71.3 Å². The van der Waals surface area contributed by atoms with E-state index in [1.54, 1.807) is 4.90 Å². The zero-order valence-corrected chi connectivity index (χ0v) is 28.7. The maximum absolute atomic E-state index is 12.8. The van der Waals surface area contributed by atoms with Crippen molar-refractivity contribution < 1.29 is 24.2 Å². The Kier molecular flexibility index (Phi) is 8.84. The van der Waals surface area contributed by atoms with E-state index in [1.807, 2.05) is 65.9 Å². The summed E-state index contributed by atoms with van der Waals surface area (Å²) in [6.45, 7) is 12.1. The number of nitrogens with one attached hydrogen (secondary N) is 2. The molecule has 2 amide bonds. The molecule has 0 radical (unpaired) electrons. The summed E-state index contributed by atoms with van der Waals surface area (Å²) in [5.41, 5.74) is 2.86. The van der Waals surface area contributed by atoms with Gasteiger partial charge >= 0.3 is 12.2 Å². The van der Waals surface area contributed by atoms with E-state index in [-0.39, 0.29) is 12.1 Å². The normalized spacial score (nSPS) is 20.3. The lowest BCUT2D eigenvalue weighted by Gasteiger charge is -2.33. The molecule has 2 fully saturated rings. The molecule has 2 aromatic heterocycles. The molecule has 1 unspecified atom stereocenters. The Labute approximate surface area is 281 Å². The highest BCUT2D eigenvalue weighted by atomic mass is 16.6. The molecule has 0 aliphatic carbocycles. The lowest BCUT2D eigenvalue weighted by atomic mass is 10.1. The molecule has 3 N–H and O–H groups in total. The van der Waals surface area contributed by atoms with Crippen molar-refractivity contribution in [2.75, 3.05) is 13.1 Å². The van der Waals surface area contributed by atoms with Gasteiger partial charge < -0.3 is 24.5 Å². The molecule has 6 rings (SSSR count). The van der Waals surface area contributed by atoms with E-state index in [9.17, 15) is 14.7 Å². The first-order valence-corrected chi connectivity index (χ1v) is 16.7. The average Bonchev–Trinajstić information content (AvgIpc) is 3.81. The summed E-state index contributed by atoms with van der Waals surface area (Å²) >= 11 is 0. The minimum absolute atomic E-state index is 0.122. The molecule has 4 aromatic rings. The van der Waals surface area contributed by atoms with E-state index in [1.165, 1.54) is 4.90 Å². The summed E-state index contributed by atoms with van der Waals surface area (Å²) in [4.78, 5) is 44.7. The first-order chi connectivity index (χ1) is 22.7. The van der Waals surface area contributed by atoms with Crippen LogP contribution in [0.4, 0.5) is 9.59 Å². The number of benzene rings is 2. The van der Waals surface area contributed by atoms with E-state index in [4.69, 9.17) is 9.47 Å². The Morgan fingerprint density at radius 3 is 2.44 bits per heavy atom. The highest BCUT2D eigenvalue weighted by molar-refractivity contribution is 5.77. The molecule has 11 nitrogen and oxygen atoms in total. The molecule has 2 aliphatic heterocycles. The zero-order valence-electron chi connectivity index (χ0n) is 28.7. The van der Waals surface area contributed by atoms with Gasteiger partial charge in [-0.3, -0.25) is 9.80 Å². The van der Waals surface area contributed by atoms with E-state index in [0.717, 1.165) is 52.1 Å². The van der Waals surface area contributed by atoms with E-state index < -0.39 is 23.0 Å². The molecular weight excluding hydrogens is 608 g/mol. The average molecular weight is 655 g/mol. The van der Waals surface area contributed by atoms with Crippen LogP contribution in [0, 0.1) is 0 Å². The van der Waals surface area contributed by atoms with Gasteiger partial charge in [-0.25, -0.2) is 19.6 Å². The third kappa shape index (κ3) is 7.26. The summed E-state index contributed by atoms with van der Waals surface area (Å²) in [7, 11) is 0. The number of aromatic nitrogens is 4. The number of ether oxygens (including phenoxy) is 2. The molecule has 2 aromatic carbocycles. The molecular formula is C37H46N6O5. The minimum Gasteiger partial charge on any atom is -0.444 e. The second kappa shape index (κ2) is 12.8. The quantitative estimate of drug-likeness (QED) is 0.196. The molecule has 4 heterocycles. The van der Waals surface area contributed by atoms with Crippen LogP contribution in [0.25, 0.3) is 28.4 Å². The van der Waals surface area contributed by atoms with Gasteiger partial charge in [-0.05, 0) is 96.0 Å². The molecule has 2 atom stereocenters. The van der Waals surface area contributed by atoms with Crippen molar-refractivity contribution in [3.05, 3.63) is 77.5 Å². The van der Waals surface area contributed by atoms with Crippen LogP contribution in [0.5, 0.6) is 0 Å². The third-order valence-electron chi connectivity index (χ3n) is 8.57. The van der Waals surface area contributed by atoms with Gasteiger partial charge in [0.15, 0.2) is 5.82 Å². The van der Waals surface area contributed by atoms with Crippen LogP contribution in [0.1, 0.15) is 96.0 Å². The lowest BCUT2D eigenvalue weighted by Crippen LogP contribution is -2.47. The third-order valence-corrected chi connectivity index (χ3v) is 8.57. The summed E-state index contributed by atoms with van der Waals surface area (Å²) < 4.78 is 11.2. The molecule has 48 heavy (non-hydrogen) atoms. The van der Waals surface area contributed by atoms with Crippen molar-refractivity contribution in [3.8, 4) is 11.3 Å². The van der Waals surface area contributed by atoms with Crippen molar-refractivity contribution in [3.63, 3.8) is 0 Å². The van der Waals surface area contributed by atoms with Crippen LogP contribution in [0.2, 0.25) is 0 Å². The van der Waals surface area contributed by atoms with Gasteiger partial charge in [-0.1, -0.05) is 42.5 Å². The SMILES string of the molecule is CC(C)(C)OC(=O)N1CCCC1c1ncc(-c2ccc(/C=C/Cc3ccc4nc([C@@]5(O)CCCN5C(=O)OC(C)(C)C)[nH]c4c3)cc2)[nH]1. The Morgan fingerprint density at radius 1 is 0.979 bits per heavy atom. The number of H-pyrrole nitrogens is 2. The van der Waals surface area contributed by atoms with Gasteiger partial charge in [-0.15, -0.1) is 0 Å². The van der Waals surface area contributed by atoms with Gasteiger partial charge in [0.05, 0.1) is 29.0 Å². The summed E-state index contributed by atoms with van der Waals surface area (Å²) in [5, 5.41) is 11.5. The van der Waals surface area contributed by atoms with Crippen molar-refractivity contribution in [2.45, 2.75) is 96.6 Å². The van der Waals surface area contributed by atoms with Gasteiger partial charge in [0.25, 0.3) is 0 Å². The summed E-state index contributed by atoms with van der Waals surface area (Å²) in [5.74, 6) is 1.12. The Hall–Kier alpha value is -4.64. The fourth-order valence-electron chi connectivity index (χ4n) is 6.33. The van der Waals surface area contributed by atoms with E-state index in [2.05, 4.69) is 56.4 Å². The highest BCUT2D eigenvalue weighted by Crippen LogP contribution is 2.37. The maximum atomic E-state index is 12.8. The van der Waals surface area contributed by atoms with E-state index >= 15 is 0 Å². The van der Waals surface area contributed by atoms with Crippen molar-refractivity contribution in [1.29, 1.82) is 0 Å². The van der Waals surface area contributed by atoms with Crippen molar-refractivity contribution in [2.24, 2.45) is 0 Å². The van der Waals surface area contributed by atoms with Crippen LogP contribution in [0.15, 0.2) is 54.7 Å². The topological polar surface area (TPSA) is 137 Å². The van der Waals surface area contributed by atoms with Gasteiger partial charge in [0, 0.05) is 19.5 Å². The predicted octanol–water partition coefficient (Wildman–Crippen LogP) is 7.46. The van der Waals surface area contributed by atoms with Crippen molar-refractivity contribution in [1.82, 2.24) is 29.7 Å². The largest absolute Gasteiger partial charge is 0.444 e. The Balaban J connectivity index is 1.09. The second-order valence-corrected chi connectivity index (χ2v) is 14.7.